The molecule has 0 aliphatic heterocycles. The van der Waals surface area contributed by atoms with E-state index in [1.165, 1.54) is 19.3 Å². The number of aliphatic hydroxyl groups excluding tert-OH is 1. The van der Waals surface area contributed by atoms with E-state index in [0.717, 1.165) is 18.4 Å². The number of hydrogen-bond acceptors (Lipinski definition) is 4. The average Bonchev–Trinajstić information content (AvgIpc) is 2.60. The van der Waals surface area contributed by atoms with Crippen LogP contribution in [0, 0.1) is 5.92 Å². The van der Waals surface area contributed by atoms with Gasteiger partial charge in [0.25, 0.3) is 0 Å². The van der Waals surface area contributed by atoms with E-state index in [9.17, 15) is 9.90 Å². The molecule has 2 N–H and O–H groups in total. The van der Waals surface area contributed by atoms with E-state index in [2.05, 4.69) is 5.32 Å². The predicted molar refractivity (Wildman–Crippen MR) is 88.8 cm³/mol. The lowest BCUT2D eigenvalue weighted by atomic mass is 9.85. The Kier molecular flexibility index (Phi) is 6.71. The van der Waals surface area contributed by atoms with E-state index in [0.29, 0.717) is 24.0 Å². The van der Waals surface area contributed by atoms with Crippen LogP contribution in [0.1, 0.15) is 37.7 Å². The fraction of sp³-hybridized carbons (Fsp3) is 0.611. The summed E-state index contributed by atoms with van der Waals surface area (Å²) < 4.78 is 10.4. The Bertz CT molecular complexity index is 512. The van der Waals surface area contributed by atoms with Crippen molar-refractivity contribution in [3.63, 3.8) is 0 Å². The first-order valence-corrected chi connectivity index (χ1v) is 8.29. The van der Waals surface area contributed by atoms with Gasteiger partial charge >= 0.3 is 0 Å². The number of benzene rings is 1. The molecule has 0 bridgehead atoms. The van der Waals surface area contributed by atoms with E-state index in [4.69, 9.17) is 9.47 Å². The Morgan fingerprint density at radius 2 is 1.91 bits per heavy atom. The minimum absolute atomic E-state index is 0.0907. The van der Waals surface area contributed by atoms with Gasteiger partial charge in [0, 0.05) is 6.54 Å². The van der Waals surface area contributed by atoms with Crippen molar-refractivity contribution in [2.45, 2.75) is 44.6 Å². The highest BCUT2D eigenvalue weighted by Crippen LogP contribution is 2.28. The van der Waals surface area contributed by atoms with Crippen LogP contribution in [-0.4, -0.2) is 37.9 Å². The molecule has 0 aromatic heterocycles. The summed E-state index contributed by atoms with van der Waals surface area (Å²) in [5.74, 6) is 1.49. The third kappa shape index (κ3) is 5.13. The first-order chi connectivity index (χ1) is 11.1. The van der Waals surface area contributed by atoms with Crippen LogP contribution in [0.15, 0.2) is 18.2 Å². The minimum atomic E-state index is -0.440. The van der Waals surface area contributed by atoms with Gasteiger partial charge in [-0.25, -0.2) is 0 Å². The van der Waals surface area contributed by atoms with Gasteiger partial charge < -0.3 is 19.9 Å². The predicted octanol–water partition coefficient (Wildman–Crippen LogP) is 2.30. The standard InChI is InChI=1S/C18H27NO4/c1-22-16-9-8-13(10-17(16)23-2)11-18(21)19-12-15(20)14-6-4-3-5-7-14/h8-10,14-15,20H,3-7,11-12H2,1-2H3,(H,19,21). The first kappa shape index (κ1) is 17.6. The number of methoxy groups -OCH3 is 2. The van der Waals surface area contributed by atoms with Crippen LogP contribution < -0.4 is 14.8 Å². The number of rotatable bonds is 7. The first-order valence-electron chi connectivity index (χ1n) is 8.29. The van der Waals surface area contributed by atoms with Gasteiger partial charge in [0.2, 0.25) is 5.91 Å². The summed E-state index contributed by atoms with van der Waals surface area (Å²) in [6.07, 6.45) is 5.57. The van der Waals surface area contributed by atoms with E-state index < -0.39 is 6.10 Å². The maximum atomic E-state index is 12.1. The summed E-state index contributed by atoms with van der Waals surface area (Å²) in [4.78, 5) is 12.1. The van der Waals surface area contributed by atoms with E-state index >= 15 is 0 Å². The highest BCUT2D eigenvalue weighted by Gasteiger charge is 2.22. The molecule has 128 valence electrons. The van der Waals surface area contributed by atoms with Crippen molar-refractivity contribution in [1.82, 2.24) is 5.32 Å². The summed E-state index contributed by atoms with van der Waals surface area (Å²) in [5.41, 5.74) is 0.854. The number of aliphatic hydroxyl groups is 1. The molecule has 2 rings (SSSR count). The van der Waals surface area contributed by atoms with E-state index in [1.807, 2.05) is 6.07 Å². The van der Waals surface area contributed by atoms with Crippen molar-refractivity contribution < 1.29 is 19.4 Å². The van der Waals surface area contributed by atoms with Gasteiger partial charge in [0.05, 0.1) is 26.7 Å². The van der Waals surface area contributed by atoms with E-state index in [1.54, 1.807) is 26.4 Å². The molecule has 1 aromatic rings. The molecule has 23 heavy (non-hydrogen) atoms. The highest BCUT2D eigenvalue weighted by molar-refractivity contribution is 5.78. The van der Waals surface area contributed by atoms with Crippen molar-refractivity contribution in [2.24, 2.45) is 5.92 Å². The second-order valence-corrected chi connectivity index (χ2v) is 6.14. The number of nitrogens with one attached hydrogen (secondary N) is 1. The largest absolute Gasteiger partial charge is 0.493 e. The van der Waals surface area contributed by atoms with Crippen LogP contribution in [0.2, 0.25) is 0 Å². The van der Waals surface area contributed by atoms with E-state index in [-0.39, 0.29) is 12.3 Å². The quantitative estimate of drug-likeness (QED) is 0.808. The molecule has 0 spiro atoms. The van der Waals surface area contributed by atoms with Crippen molar-refractivity contribution in [1.29, 1.82) is 0 Å². The Labute approximate surface area is 138 Å². The fourth-order valence-corrected chi connectivity index (χ4v) is 3.14. The fourth-order valence-electron chi connectivity index (χ4n) is 3.14. The van der Waals surface area contributed by atoms with Crippen LogP contribution in [0.25, 0.3) is 0 Å². The Morgan fingerprint density at radius 3 is 2.57 bits per heavy atom. The lowest BCUT2D eigenvalue weighted by Gasteiger charge is -2.26. The molecule has 1 saturated carbocycles. The maximum Gasteiger partial charge on any atom is 0.224 e. The van der Waals surface area contributed by atoms with Crippen LogP contribution in [0.3, 0.4) is 0 Å². The third-order valence-corrected chi connectivity index (χ3v) is 4.51. The van der Waals surface area contributed by atoms with Gasteiger partial charge in [-0.15, -0.1) is 0 Å². The number of ether oxygens (including phenoxy) is 2. The van der Waals surface area contributed by atoms with Crippen LogP contribution in [-0.2, 0) is 11.2 Å². The average molecular weight is 321 g/mol. The Morgan fingerprint density at radius 1 is 1.22 bits per heavy atom. The summed E-state index contributed by atoms with van der Waals surface area (Å²) in [6, 6.07) is 5.44. The second-order valence-electron chi connectivity index (χ2n) is 6.14. The van der Waals surface area contributed by atoms with Crippen molar-refractivity contribution in [3.8, 4) is 11.5 Å². The van der Waals surface area contributed by atoms with Crippen LogP contribution in [0.5, 0.6) is 11.5 Å². The van der Waals surface area contributed by atoms with Gasteiger partial charge in [-0.05, 0) is 36.5 Å². The molecule has 1 amide bonds. The Balaban J connectivity index is 1.82. The zero-order valence-corrected chi connectivity index (χ0v) is 14.0. The van der Waals surface area contributed by atoms with Gasteiger partial charge in [-0.2, -0.15) is 0 Å². The number of amides is 1. The second kappa shape index (κ2) is 8.77. The smallest absolute Gasteiger partial charge is 0.224 e. The summed E-state index contributed by atoms with van der Waals surface area (Å²) in [7, 11) is 3.15. The topological polar surface area (TPSA) is 67.8 Å². The number of hydrogen-bond donors (Lipinski definition) is 2. The lowest BCUT2D eigenvalue weighted by Crippen LogP contribution is -2.37. The molecule has 1 aliphatic carbocycles. The number of carbonyl (C=O) groups excluding carboxylic acids is 1. The monoisotopic (exact) mass is 321 g/mol. The molecule has 0 heterocycles. The minimum Gasteiger partial charge on any atom is -0.493 e. The molecule has 0 radical (unpaired) electrons. The maximum absolute atomic E-state index is 12.1. The van der Waals surface area contributed by atoms with Crippen molar-refractivity contribution in [2.75, 3.05) is 20.8 Å². The van der Waals surface area contributed by atoms with Crippen molar-refractivity contribution >= 4 is 5.91 Å². The molecule has 1 fully saturated rings. The zero-order chi connectivity index (χ0) is 16.7. The van der Waals surface area contributed by atoms with Crippen molar-refractivity contribution in [3.05, 3.63) is 23.8 Å². The molecule has 0 saturated heterocycles. The molecule has 1 aliphatic rings. The zero-order valence-electron chi connectivity index (χ0n) is 14.0. The third-order valence-electron chi connectivity index (χ3n) is 4.51. The molecule has 1 atom stereocenters. The molecular weight excluding hydrogens is 294 g/mol. The lowest BCUT2D eigenvalue weighted by molar-refractivity contribution is -0.121. The number of carbonyl (C=O) groups is 1. The van der Waals surface area contributed by atoms with Crippen LogP contribution in [0.4, 0.5) is 0 Å². The molecular formula is C18H27NO4. The summed E-state index contributed by atoms with van der Waals surface area (Å²) in [5, 5.41) is 13.0. The van der Waals surface area contributed by atoms with Gasteiger partial charge in [-0.3, -0.25) is 4.79 Å². The van der Waals surface area contributed by atoms with Gasteiger partial charge in [-0.1, -0.05) is 25.3 Å². The molecule has 5 heteroatoms. The normalized spacial score (nSPS) is 16.7. The summed E-state index contributed by atoms with van der Waals surface area (Å²) in [6.45, 7) is 0.330. The SMILES string of the molecule is COc1ccc(CC(=O)NCC(O)C2CCCCC2)cc1OC. The highest BCUT2D eigenvalue weighted by atomic mass is 16.5. The molecule has 1 unspecified atom stereocenters. The molecule has 1 aromatic carbocycles. The van der Waals surface area contributed by atoms with Crippen LogP contribution >= 0.6 is 0 Å². The van der Waals surface area contributed by atoms with Gasteiger partial charge in [0.1, 0.15) is 0 Å². The summed E-state index contributed by atoms with van der Waals surface area (Å²) >= 11 is 0. The molecule has 5 nitrogen and oxygen atoms in total. The van der Waals surface area contributed by atoms with Gasteiger partial charge in [0.15, 0.2) is 11.5 Å². The Hall–Kier alpha value is -1.75.